The molecule has 1 aliphatic heterocycles. The van der Waals surface area contributed by atoms with E-state index in [0.717, 1.165) is 17.5 Å². The molecule has 1 aromatic carbocycles. The lowest BCUT2D eigenvalue weighted by molar-refractivity contribution is 0.0702. The van der Waals surface area contributed by atoms with E-state index in [2.05, 4.69) is 11.2 Å². The van der Waals surface area contributed by atoms with Crippen LogP contribution in [0.4, 0.5) is 5.00 Å². The van der Waals surface area contributed by atoms with E-state index >= 15 is 0 Å². The first-order chi connectivity index (χ1) is 8.79. The SMILES string of the molecule is O=Nc1cc(C2OCCc3ccccc32)c(Cl)s1. The second-order valence-corrected chi connectivity index (χ2v) is 5.74. The van der Waals surface area contributed by atoms with Gasteiger partial charge in [0.1, 0.15) is 10.4 Å². The topological polar surface area (TPSA) is 38.7 Å². The molecule has 0 spiro atoms. The Kier molecular flexibility index (Phi) is 3.16. The van der Waals surface area contributed by atoms with Crippen molar-refractivity contribution in [1.29, 1.82) is 0 Å². The van der Waals surface area contributed by atoms with Crippen molar-refractivity contribution in [3.05, 3.63) is 56.3 Å². The summed E-state index contributed by atoms with van der Waals surface area (Å²) in [7, 11) is 0. The molecule has 1 aliphatic rings. The molecule has 0 saturated heterocycles. The minimum Gasteiger partial charge on any atom is -0.368 e. The van der Waals surface area contributed by atoms with E-state index in [1.54, 1.807) is 6.07 Å². The molecule has 3 rings (SSSR count). The van der Waals surface area contributed by atoms with Crippen LogP contribution in [0.25, 0.3) is 0 Å². The number of thiophene rings is 1. The number of hydrogen-bond donors (Lipinski definition) is 0. The van der Waals surface area contributed by atoms with Crippen LogP contribution in [0.15, 0.2) is 35.5 Å². The minimum atomic E-state index is -0.186. The highest BCUT2D eigenvalue weighted by Gasteiger charge is 2.25. The van der Waals surface area contributed by atoms with Crippen LogP contribution in [0.1, 0.15) is 22.8 Å². The highest BCUT2D eigenvalue weighted by Crippen LogP contribution is 2.42. The molecule has 0 aliphatic carbocycles. The standard InChI is InChI=1S/C13H10ClNO2S/c14-13-10(7-11(15-16)18-13)12-9-4-2-1-3-8(9)5-6-17-12/h1-4,7,12H,5-6H2. The van der Waals surface area contributed by atoms with Gasteiger partial charge < -0.3 is 4.74 Å². The van der Waals surface area contributed by atoms with Crippen molar-refractivity contribution < 1.29 is 4.74 Å². The van der Waals surface area contributed by atoms with Crippen LogP contribution in [0.3, 0.4) is 0 Å². The van der Waals surface area contributed by atoms with E-state index in [9.17, 15) is 4.91 Å². The molecule has 0 saturated carbocycles. The van der Waals surface area contributed by atoms with Gasteiger partial charge in [0.05, 0.1) is 6.61 Å². The number of nitrogens with zero attached hydrogens (tertiary/aromatic N) is 1. The largest absolute Gasteiger partial charge is 0.368 e. The quantitative estimate of drug-likeness (QED) is 0.761. The molecule has 92 valence electrons. The van der Waals surface area contributed by atoms with E-state index in [-0.39, 0.29) is 6.10 Å². The van der Waals surface area contributed by atoms with Crippen LogP contribution in [0.5, 0.6) is 0 Å². The summed E-state index contributed by atoms with van der Waals surface area (Å²) in [4.78, 5) is 10.6. The zero-order valence-electron chi connectivity index (χ0n) is 9.43. The van der Waals surface area contributed by atoms with E-state index in [1.165, 1.54) is 16.9 Å². The van der Waals surface area contributed by atoms with Crippen molar-refractivity contribution in [3.8, 4) is 0 Å². The molecule has 18 heavy (non-hydrogen) atoms. The van der Waals surface area contributed by atoms with Crippen LogP contribution in [0.2, 0.25) is 4.34 Å². The lowest BCUT2D eigenvalue weighted by Gasteiger charge is -2.25. The average molecular weight is 280 g/mol. The van der Waals surface area contributed by atoms with Gasteiger partial charge in [0, 0.05) is 5.56 Å². The molecule has 0 bridgehead atoms. The summed E-state index contributed by atoms with van der Waals surface area (Å²) in [6.07, 6.45) is 0.724. The van der Waals surface area contributed by atoms with Gasteiger partial charge in [-0.15, -0.1) is 16.2 Å². The zero-order valence-corrected chi connectivity index (χ0v) is 11.0. The molecule has 0 amide bonds. The summed E-state index contributed by atoms with van der Waals surface area (Å²) in [6, 6.07) is 9.87. The first-order valence-electron chi connectivity index (χ1n) is 5.61. The summed E-state index contributed by atoms with van der Waals surface area (Å²) in [5.74, 6) is 0. The first-order valence-corrected chi connectivity index (χ1v) is 6.81. The average Bonchev–Trinajstić information content (AvgIpc) is 2.79. The molecule has 1 atom stereocenters. The maximum atomic E-state index is 10.6. The van der Waals surface area contributed by atoms with Crippen molar-refractivity contribution in [2.75, 3.05) is 6.61 Å². The van der Waals surface area contributed by atoms with Crippen molar-refractivity contribution in [1.82, 2.24) is 0 Å². The van der Waals surface area contributed by atoms with E-state index in [0.29, 0.717) is 15.9 Å². The third-order valence-electron chi connectivity index (χ3n) is 3.07. The number of halogens is 1. The highest BCUT2D eigenvalue weighted by atomic mass is 35.5. The highest BCUT2D eigenvalue weighted by molar-refractivity contribution is 7.19. The third-order valence-corrected chi connectivity index (χ3v) is 4.33. The van der Waals surface area contributed by atoms with E-state index < -0.39 is 0 Å². The van der Waals surface area contributed by atoms with Crippen LogP contribution >= 0.6 is 22.9 Å². The van der Waals surface area contributed by atoms with Crippen LogP contribution < -0.4 is 0 Å². The van der Waals surface area contributed by atoms with Crippen LogP contribution in [-0.2, 0) is 11.2 Å². The van der Waals surface area contributed by atoms with Crippen molar-refractivity contribution in [3.63, 3.8) is 0 Å². The zero-order chi connectivity index (χ0) is 12.5. The molecular formula is C13H10ClNO2S. The Morgan fingerprint density at radius 3 is 2.94 bits per heavy atom. The number of fused-ring (bicyclic) bond motifs is 1. The smallest absolute Gasteiger partial charge is 0.162 e. The molecule has 0 N–H and O–H groups in total. The maximum absolute atomic E-state index is 10.6. The van der Waals surface area contributed by atoms with Gasteiger partial charge >= 0.3 is 0 Å². The second kappa shape index (κ2) is 4.80. The summed E-state index contributed by atoms with van der Waals surface area (Å²) in [6.45, 7) is 0.664. The number of rotatable bonds is 2. The van der Waals surface area contributed by atoms with Gasteiger partial charge in [-0.25, -0.2) is 0 Å². The Hall–Kier alpha value is -1.23. The number of hydrogen-bond acceptors (Lipinski definition) is 4. The molecule has 2 heterocycles. The molecule has 5 heteroatoms. The number of ether oxygens (including phenoxy) is 1. The van der Waals surface area contributed by atoms with Gasteiger partial charge in [0.15, 0.2) is 5.00 Å². The van der Waals surface area contributed by atoms with Crippen molar-refractivity contribution in [2.24, 2.45) is 5.18 Å². The Balaban J connectivity index is 2.07. The fraction of sp³-hybridized carbons (Fsp3) is 0.231. The molecule has 3 nitrogen and oxygen atoms in total. The van der Waals surface area contributed by atoms with Gasteiger partial charge in [-0.2, -0.15) is 0 Å². The fourth-order valence-corrected chi connectivity index (χ4v) is 3.33. The summed E-state index contributed by atoms with van der Waals surface area (Å²) >= 11 is 7.35. The molecule has 1 aromatic heterocycles. The van der Waals surface area contributed by atoms with E-state index in [1.807, 2.05) is 18.2 Å². The monoisotopic (exact) mass is 279 g/mol. The van der Waals surface area contributed by atoms with Crippen LogP contribution in [-0.4, -0.2) is 6.61 Å². The summed E-state index contributed by atoms with van der Waals surface area (Å²) < 4.78 is 6.38. The fourth-order valence-electron chi connectivity index (χ4n) is 2.25. The number of benzene rings is 1. The van der Waals surface area contributed by atoms with E-state index in [4.69, 9.17) is 16.3 Å². The molecular weight excluding hydrogens is 270 g/mol. The van der Waals surface area contributed by atoms with Crippen molar-refractivity contribution in [2.45, 2.75) is 12.5 Å². The Morgan fingerprint density at radius 1 is 1.33 bits per heavy atom. The lowest BCUT2D eigenvalue weighted by Crippen LogP contribution is -2.16. The Morgan fingerprint density at radius 2 is 2.17 bits per heavy atom. The van der Waals surface area contributed by atoms with Crippen molar-refractivity contribution >= 4 is 27.9 Å². The second-order valence-electron chi connectivity index (χ2n) is 4.10. The Bertz CT molecular complexity index is 596. The first kappa shape index (κ1) is 11.8. The molecule has 0 fully saturated rings. The van der Waals surface area contributed by atoms with Gasteiger partial charge in [-0.3, -0.25) is 0 Å². The summed E-state index contributed by atoms with van der Waals surface area (Å²) in [5, 5.41) is 3.32. The maximum Gasteiger partial charge on any atom is 0.162 e. The molecule has 1 unspecified atom stereocenters. The lowest BCUT2D eigenvalue weighted by atomic mass is 9.94. The molecule has 2 aromatic rings. The summed E-state index contributed by atoms with van der Waals surface area (Å²) in [5.41, 5.74) is 3.24. The predicted molar refractivity (Wildman–Crippen MR) is 72.7 cm³/mol. The normalized spacial score (nSPS) is 18.4. The van der Waals surface area contributed by atoms with Gasteiger partial charge in [0.2, 0.25) is 0 Å². The molecule has 0 radical (unpaired) electrons. The van der Waals surface area contributed by atoms with Gasteiger partial charge in [0.25, 0.3) is 0 Å². The minimum absolute atomic E-state index is 0.186. The van der Waals surface area contributed by atoms with Crippen LogP contribution in [0, 0.1) is 4.91 Å². The third kappa shape index (κ3) is 1.96. The Labute approximate surface area is 113 Å². The number of nitroso groups, excluding NO2 is 1. The predicted octanol–water partition coefficient (Wildman–Crippen LogP) is 4.46. The van der Waals surface area contributed by atoms with Gasteiger partial charge in [-0.1, -0.05) is 35.9 Å². The van der Waals surface area contributed by atoms with Gasteiger partial charge in [-0.05, 0) is 28.8 Å².